The molecule has 1 saturated carbocycles. The number of carboxylic acid groups (broad SMARTS) is 1. The van der Waals surface area contributed by atoms with Crippen molar-refractivity contribution in [3.63, 3.8) is 0 Å². The summed E-state index contributed by atoms with van der Waals surface area (Å²) >= 11 is 0. The van der Waals surface area contributed by atoms with Crippen molar-refractivity contribution in [3.8, 4) is 0 Å². The Kier molecular flexibility index (Phi) is 2.94. The van der Waals surface area contributed by atoms with E-state index >= 15 is 0 Å². The summed E-state index contributed by atoms with van der Waals surface area (Å²) in [5.41, 5.74) is 5.40. The lowest BCUT2D eigenvalue weighted by atomic mass is 10.1. The molecule has 0 unspecified atom stereocenters. The van der Waals surface area contributed by atoms with Gasteiger partial charge in [0.2, 0.25) is 0 Å². The van der Waals surface area contributed by atoms with Gasteiger partial charge >= 0.3 is 6.09 Å². The van der Waals surface area contributed by atoms with Gasteiger partial charge in [0.05, 0.1) is 0 Å². The molecule has 0 heterocycles. The first-order chi connectivity index (χ1) is 6.13. The Morgan fingerprint density at radius 3 is 2.77 bits per heavy atom. The smallest absolute Gasteiger partial charge is 0.404 e. The molecule has 0 saturated heterocycles. The van der Waals surface area contributed by atoms with E-state index in [2.05, 4.69) is 10.5 Å². The van der Waals surface area contributed by atoms with Gasteiger partial charge in [0.1, 0.15) is 5.84 Å². The molecule has 0 radical (unpaired) electrons. The van der Waals surface area contributed by atoms with Crippen LogP contribution in [0.3, 0.4) is 0 Å². The van der Waals surface area contributed by atoms with Gasteiger partial charge < -0.3 is 21.4 Å². The molecular weight excluding hydrogens is 174 g/mol. The molecule has 0 aliphatic heterocycles. The Hall–Kier alpha value is -1.46. The van der Waals surface area contributed by atoms with Crippen LogP contribution in [0.4, 0.5) is 4.79 Å². The van der Waals surface area contributed by atoms with E-state index in [1.165, 1.54) is 0 Å². The normalized spacial score (nSPS) is 28.8. The highest BCUT2D eigenvalue weighted by Gasteiger charge is 2.28. The molecule has 6 nitrogen and oxygen atoms in total. The van der Waals surface area contributed by atoms with Crippen LogP contribution in [0.1, 0.15) is 19.3 Å². The predicted octanol–water partition coefficient (Wildman–Crippen LogP) is 0.169. The second-order valence-corrected chi connectivity index (χ2v) is 3.18. The Morgan fingerprint density at radius 1 is 1.54 bits per heavy atom. The second kappa shape index (κ2) is 3.97. The summed E-state index contributed by atoms with van der Waals surface area (Å²) in [5, 5.41) is 22.1. The third-order valence-electron chi connectivity index (χ3n) is 2.29. The molecule has 1 aliphatic carbocycles. The minimum Gasteiger partial charge on any atom is -0.465 e. The topological polar surface area (TPSA) is 108 Å². The Labute approximate surface area is 75.4 Å². The fraction of sp³-hybridized carbons (Fsp3) is 0.714. The minimum absolute atomic E-state index is 0.00171. The number of nitrogens with one attached hydrogen (secondary N) is 1. The van der Waals surface area contributed by atoms with Crippen molar-refractivity contribution in [2.45, 2.75) is 25.3 Å². The lowest BCUT2D eigenvalue weighted by Gasteiger charge is -2.09. The van der Waals surface area contributed by atoms with Crippen LogP contribution in [0.5, 0.6) is 0 Å². The Balaban J connectivity index is 2.40. The van der Waals surface area contributed by atoms with E-state index in [-0.39, 0.29) is 17.8 Å². The highest BCUT2D eigenvalue weighted by molar-refractivity contribution is 5.82. The van der Waals surface area contributed by atoms with Crippen LogP contribution in [0.15, 0.2) is 5.16 Å². The minimum atomic E-state index is -1.02. The number of hydrogen-bond donors (Lipinski definition) is 4. The molecule has 0 aromatic heterocycles. The number of nitrogens with zero attached hydrogens (tertiary/aromatic N) is 1. The molecule has 0 bridgehead atoms. The molecule has 0 aromatic carbocycles. The lowest BCUT2D eigenvalue weighted by Crippen LogP contribution is -2.32. The molecular formula is C7H13N3O3. The summed E-state index contributed by atoms with van der Waals surface area (Å²) in [7, 11) is 0. The van der Waals surface area contributed by atoms with Crippen molar-refractivity contribution in [2.75, 3.05) is 0 Å². The quantitative estimate of drug-likeness (QED) is 0.214. The van der Waals surface area contributed by atoms with Gasteiger partial charge in [0.15, 0.2) is 0 Å². The van der Waals surface area contributed by atoms with Crippen molar-refractivity contribution in [1.82, 2.24) is 5.32 Å². The molecule has 5 N–H and O–H groups in total. The highest BCUT2D eigenvalue weighted by atomic mass is 16.4. The van der Waals surface area contributed by atoms with Gasteiger partial charge in [-0.05, 0) is 19.3 Å². The Bertz CT molecular complexity index is 229. The summed E-state index contributed by atoms with van der Waals surface area (Å²) in [6.45, 7) is 0. The van der Waals surface area contributed by atoms with Crippen molar-refractivity contribution in [3.05, 3.63) is 0 Å². The van der Waals surface area contributed by atoms with Crippen molar-refractivity contribution in [2.24, 2.45) is 16.8 Å². The second-order valence-electron chi connectivity index (χ2n) is 3.18. The van der Waals surface area contributed by atoms with Gasteiger partial charge in [0, 0.05) is 12.0 Å². The summed E-state index contributed by atoms with van der Waals surface area (Å²) in [6.07, 6.45) is 1.10. The fourth-order valence-electron chi connectivity index (χ4n) is 1.64. The highest BCUT2D eigenvalue weighted by Crippen LogP contribution is 2.25. The molecule has 0 aromatic rings. The molecule has 1 rings (SSSR count). The summed E-state index contributed by atoms with van der Waals surface area (Å²) < 4.78 is 0. The van der Waals surface area contributed by atoms with Gasteiger partial charge in [0.25, 0.3) is 0 Å². The molecule has 2 atom stereocenters. The van der Waals surface area contributed by atoms with E-state index in [1.807, 2.05) is 0 Å². The zero-order chi connectivity index (χ0) is 9.84. The maximum Gasteiger partial charge on any atom is 0.404 e. The molecule has 74 valence electrons. The third-order valence-corrected chi connectivity index (χ3v) is 2.29. The number of nitrogens with two attached hydrogens (primary N) is 1. The average Bonchev–Trinajstić information content (AvgIpc) is 2.50. The summed E-state index contributed by atoms with van der Waals surface area (Å²) in [4.78, 5) is 10.3. The summed E-state index contributed by atoms with van der Waals surface area (Å²) in [6, 6.07) is -0.0669. The van der Waals surface area contributed by atoms with Crippen LogP contribution in [0.25, 0.3) is 0 Å². The zero-order valence-electron chi connectivity index (χ0n) is 7.10. The first-order valence-electron chi connectivity index (χ1n) is 4.10. The SMILES string of the molecule is N/C(=N\O)[C@H]1CC[C@H](NC(=O)O)C1. The number of rotatable bonds is 2. The number of amides is 1. The van der Waals surface area contributed by atoms with Gasteiger partial charge in [-0.2, -0.15) is 0 Å². The predicted molar refractivity (Wildman–Crippen MR) is 45.7 cm³/mol. The van der Waals surface area contributed by atoms with Crippen LogP contribution >= 0.6 is 0 Å². The van der Waals surface area contributed by atoms with Crippen molar-refractivity contribution >= 4 is 11.9 Å². The first-order valence-corrected chi connectivity index (χ1v) is 4.10. The van der Waals surface area contributed by atoms with E-state index in [0.29, 0.717) is 6.42 Å². The van der Waals surface area contributed by atoms with E-state index in [9.17, 15) is 4.79 Å². The van der Waals surface area contributed by atoms with Crippen LogP contribution in [-0.4, -0.2) is 28.3 Å². The molecule has 1 aliphatic rings. The number of amidine groups is 1. The van der Waals surface area contributed by atoms with Gasteiger partial charge in [-0.3, -0.25) is 0 Å². The number of hydrogen-bond acceptors (Lipinski definition) is 3. The zero-order valence-corrected chi connectivity index (χ0v) is 7.10. The number of oxime groups is 1. The van der Waals surface area contributed by atoms with E-state index in [4.69, 9.17) is 16.0 Å². The molecule has 6 heteroatoms. The monoisotopic (exact) mass is 187 g/mol. The van der Waals surface area contributed by atoms with E-state index < -0.39 is 6.09 Å². The van der Waals surface area contributed by atoms with E-state index in [1.54, 1.807) is 0 Å². The number of carbonyl (C=O) groups is 1. The van der Waals surface area contributed by atoms with Crippen LogP contribution in [0.2, 0.25) is 0 Å². The van der Waals surface area contributed by atoms with Gasteiger partial charge in [-0.1, -0.05) is 5.16 Å². The van der Waals surface area contributed by atoms with Crippen LogP contribution in [0, 0.1) is 5.92 Å². The maximum absolute atomic E-state index is 10.3. The summed E-state index contributed by atoms with van der Waals surface area (Å²) in [5.74, 6) is 0.191. The molecule has 1 amide bonds. The van der Waals surface area contributed by atoms with Crippen molar-refractivity contribution in [1.29, 1.82) is 0 Å². The molecule has 1 fully saturated rings. The third kappa shape index (κ3) is 2.50. The van der Waals surface area contributed by atoms with Crippen molar-refractivity contribution < 1.29 is 15.1 Å². The largest absolute Gasteiger partial charge is 0.465 e. The molecule has 0 spiro atoms. The maximum atomic E-state index is 10.3. The average molecular weight is 187 g/mol. The van der Waals surface area contributed by atoms with Gasteiger partial charge in [-0.15, -0.1) is 0 Å². The fourth-order valence-corrected chi connectivity index (χ4v) is 1.64. The Morgan fingerprint density at radius 2 is 2.23 bits per heavy atom. The standard InChI is InChI=1S/C7H13N3O3/c8-6(10-13)4-1-2-5(3-4)9-7(11)12/h4-5,9,13H,1-3H2,(H2,8,10)(H,11,12)/t4-,5-/m0/s1. The van der Waals surface area contributed by atoms with Gasteiger partial charge in [-0.25, -0.2) is 4.79 Å². The van der Waals surface area contributed by atoms with E-state index in [0.717, 1.165) is 12.8 Å². The first kappa shape index (κ1) is 9.63. The van der Waals surface area contributed by atoms with Crippen LogP contribution < -0.4 is 11.1 Å². The molecule has 13 heavy (non-hydrogen) atoms. The lowest BCUT2D eigenvalue weighted by molar-refractivity contribution is 0.190. The van der Waals surface area contributed by atoms with Crippen LogP contribution in [-0.2, 0) is 0 Å².